The van der Waals surface area contributed by atoms with E-state index in [1.807, 2.05) is 4.68 Å². The molecule has 19 heavy (non-hydrogen) atoms. The first-order chi connectivity index (χ1) is 9.00. The Bertz CT molecular complexity index is 391. The molecule has 1 saturated carbocycles. The fourth-order valence-electron chi connectivity index (χ4n) is 2.91. The van der Waals surface area contributed by atoms with Gasteiger partial charge in [0, 0.05) is 12.6 Å². The second-order valence-corrected chi connectivity index (χ2v) is 6.77. The minimum atomic E-state index is 0.0159. The van der Waals surface area contributed by atoms with Crippen molar-refractivity contribution < 1.29 is 0 Å². The van der Waals surface area contributed by atoms with Crippen LogP contribution in [0, 0.1) is 5.92 Å². The molecule has 1 aromatic heterocycles. The van der Waals surface area contributed by atoms with Gasteiger partial charge in [-0.2, -0.15) is 0 Å². The predicted octanol–water partition coefficient (Wildman–Crippen LogP) is 3.09. The summed E-state index contributed by atoms with van der Waals surface area (Å²) in [5, 5.41) is 12.2. The molecule has 2 atom stereocenters. The lowest BCUT2D eigenvalue weighted by Gasteiger charge is -2.31. The van der Waals surface area contributed by atoms with Crippen LogP contribution in [0.4, 0.5) is 0 Å². The normalized spacial score (nSPS) is 24.6. The van der Waals surface area contributed by atoms with Crippen LogP contribution in [-0.4, -0.2) is 21.0 Å². The molecule has 1 aliphatic rings. The first kappa shape index (κ1) is 14.5. The lowest BCUT2D eigenvalue weighted by atomic mass is 9.83. The predicted molar refractivity (Wildman–Crippen MR) is 77.9 cm³/mol. The van der Waals surface area contributed by atoms with Crippen molar-refractivity contribution in [3.8, 4) is 0 Å². The molecule has 0 radical (unpaired) electrons. The third-order valence-electron chi connectivity index (χ3n) is 4.21. The Kier molecular flexibility index (Phi) is 4.61. The van der Waals surface area contributed by atoms with Crippen molar-refractivity contribution in [3.63, 3.8) is 0 Å². The molecule has 1 aromatic rings. The summed E-state index contributed by atoms with van der Waals surface area (Å²) < 4.78 is 1.95. The van der Waals surface area contributed by atoms with E-state index in [2.05, 4.69) is 49.5 Å². The zero-order valence-corrected chi connectivity index (χ0v) is 12.8. The molecule has 1 heterocycles. The maximum Gasteiger partial charge on any atom is 0.0965 e. The number of aromatic nitrogens is 3. The number of rotatable bonds is 4. The molecule has 0 saturated heterocycles. The largest absolute Gasteiger partial charge is 0.308 e. The lowest BCUT2D eigenvalue weighted by molar-refractivity contribution is 0.254. The van der Waals surface area contributed by atoms with Crippen LogP contribution >= 0.6 is 0 Å². The molecule has 2 rings (SSSR count). The standard InChI is InChI=1S/C15H28N4/c1-5-12-8-6-7-9-14(12)16-10-13-11-19(18-17-13)15(2,3)4/h11-12,14,16H,5-10H2,1-4H3. The van der Waals surface area contributed by atoms with Gasteiger partial charge < -0.3 is 5.32 Å². The first-order valence-corrected chi connectivity index (χ1v) is 7.66. The Morgan fingerprint density at radius 1 is 1.32 bits per heavy atom. The van der Waals surface area contributed by atoms with Crippen LogP contribution in [-0.2, 0) is 12.1 Å². The molecule has 1 N–H and O–H groups in total. The highest BCUT2D eigenvalue weighted by atomic mass is 15.4. The zero-order chi connectivity index (χ0) is 13.9. The van der Waals surface area contributed by atoms with E-state index in [0.29, 0.717) is 6.04 Å². The smallest absolute Gasteiger partial charge is 0.0965 e. The molecule has 4 nitrogen and oxygen atoms in total. The van der Waals surface area contributed by atoms with Crippen LogP contribution in [0.5, 0.6) is 0 Å². The Balaban J connectivity index is 1.89. The third-order valence-corrected chi connectivity index (χ3v) is 4.21. The van der Waals surface area contributed by atoms with E-state index in [1.165, 1.54) is 32.1 Å². The topological polar surface area (TPSA) is 42.7 Å². The summed E-state index contributed by atoms with van der Waals surface area (Å²) >= 11 is 0. The van der Waals surface area contributed by atoms with Gasteiger partial charge in [0.2, 0.25) is 0 Å². The molecule has 0 aromatic carbocycles. The summed E-state index contributed by atoms with van der Waals surface area (Å²) in [6.07, 6.45) is 8.80. The highest BCUT2D eigenvalue weighted by Gasteiger charge is 2.23. The van der Waals surface area contributed by atoms with Crippen molar-refractivity contribution in [3.05, 3.63) is 11.9 Å². The van der Waals surface area contributed by atoms with Crippen molar-refractivity contribution >= 4 is 0 Å². The molecular weight excluding hydrogens is 236 g/mol. The molecule has 108 valence electrons. The molecule has 0 bridgehead atoms. The Morgan fingerprint density at radius 3 is 2.68 bits per heavy atom. The summed E-state index contributed by atoms with van der Waals surface area (Å²) in [5.74, 6) is 0.839. The third kappa shape index (κ3) is 3.78. The van der Waals surface area contributed by atoms with E-state index in [0.717, 1.165) is 18.2 Å². The van der Waals surface area contributed by atoms with E-state index < -0.39 is 0 Å². The Morgan fingerprint density at radius 2 is 2.05 bits per heavy atom. The average molecular weight is 264 g/mol. The van der Waals surface area contributed by atoms with Gasteiger partial charge in [-0.3, -0.25) is 0 Å². The maximum absolute atomic E-state index is 4.27. The summed E-state index contributed by atoms with van der Waals surface area (Å²) in [4.78, 5) is 0. The fourth-order valence-corrected chi connectivity index (χ4v) is 2.91. The first-order valence-electron chi connectivity index (χ1n) is 7.66. The van der Waals surface area contributed by atoms with Gasteiger partial charge in [-0.05, 0) is 39.5 Å². The highest BCUT2D eigenvalue weighted by Crippen LogP contribution is 2.26. The minimum absolute atomic E-state index is 0.0159. The molecule has 0 aliphatic heterocycles. The SMILES string of the molecule is CCC1CCCCC1NCc1cn(C(C)(C)C)nn1. The molecular formula is C15H28N4. The summed E-state index contributed by atoms with van der Waals surface area (Å²) in [6, 6.07) is 0.665. The van der Waals surface area contributed by atoms with Crippen molar-refractivity contribution in [2.24, 2.45) is 5.92 Å². The fraction of sp³-hybridized carbons (Fsp3) is 0.867. The van der Waals surface area contributed by atoms with Crippen LogP contribution < -0.4 is 5.32 Å². The van der Waals surface area contributed by atoms with Crippen LogP contribution in [0.15, 0.2) is 6.20 Å². The van der Waals surface area contributed by atoms with Crippen molar-refractivity contribution in [1.29, 1.82) is 0 Å². The highest BCUT2D eigenvalue weighted by molar-refractivity contribution is 4.95. The van der Waals surface area contributed by atoms with Gasteiger partial charge in [0.25, 0.3) is 0 Å². The molecule has 1 aliphatic carbocycles. The molecule has 1 fully saturated rings. The lowest BCUT2D eigenvalue weighted by Crippen LogP contribution is -2.37. The monoisotopic (exact) mass is 264 g/mol. The van der Waals surface area contributed by atoms with E-state index in [1.54, 1.807) is 0 Å². The van der Waals surface area contributed by atoms with Crippen molar-refractivity contribution in [2.75, 3.05) is 0 Å². The van der Waals surface area contributed by atoms with Gasteiger partial charge in [-0.15, -0.1) is 5.10 Å². The zero-order valence-electron chi connectivity index (χ0n) is 12.8. The van der Waals surface area contributed by atoms with E-state index >= 15 is 0 Å². The van der Waals surface area contributed by atoms with Crippen LogP contribution in [0.25, 0.3) is 0 Å². The molecule has 0 amide bonds. The summed E-state index contributed by atoms with van der Waals surface area (Å²) in [6.45, 7) is 9.59. The minimum Gasteiger partial charge on any atom is -0.308 e. The van der Waals surface area contributed by atoms with Gasteiger partial charge in [0.1, 0.15) is 0 Å². The quantitative estimate of drug-likeness (QED) is 0.908. The van der Waals surface area contributed by atoms with Gasteiger partial charge in [0.15, 0.2) is 0 Å². The van der Waals surface area contributed by atoms with E-state index in [4.69, 9.17) is 0 Å². The van der Waals surface area contributed by atoms with E-state index in [9.17, 15) is 0 Å². The second kappa shape index (κ2) is 6.04. The van der Waals surface area contributed by atoms with E-state index in [-0.39, 0.29) is 5.54 Å². The van der Waals surface area contributed by atoms with Crippen LogP contribution in [0.2, 0.25) is 0 Å². The number of nitrogens with one attached hydrogen (secondary N) is 1. The van der Waals surface area contributed by atoms with Gasteiger partial charge in [-0.25, -0.2) is 4.68 Å². The second-order valence-electron chi connectivity index (χ2n) is 6.77. The van der Waals surface area contributed by atoms with Gasteiger partial charge in [-0.1, -0.05) is 31.4 Å². The summed E-state index contributed by atoms with van der Waals surface area (Å²) in [7, 11) is 0. The maximum atomic E-state index is 4.27. The van der Waals surface area contributed by atoms with Crippen LogP contribution in [0.3, 0.4) is 0 Å². The van der Waals surface area contributed by atoms with Gasteiger partial charge >= 0.3 is 0 Å². The van der Waals surface area contributed by atoms with Crippen molar-refractivity contribution in [1.82, 2.24) is 20.3 Å². The molecule has 0 spiro atoms. The number of nitrogens with zero attached hydrogens (tertiary/aromatic N) is 3. The number of hydrogen-bond donors (Lipinski definition) is 1. The van der Waals surface area contributed by atoms with Crippen molar-refractivity contribution in [2.45, 2.75) is 77.9 Å². The van der Waals surface area contributed by atoms with Crippen LogP contribution in [0.1, 0.15) is 65.5 Å². The Labute approximate surface area is 117 Å². The molecule has 2 unspecified atom stereocenters. The Hall–Kier alpha value is -0.900. The number of hydrogen-bond acceptors (Lipinski definition) is 3. The average Bonchev–Trinajstić information content (AvgIpc) is 2.85. The summed E-state index contributed by atoms with van der Waals surface area (Å²) in [5.41, 5.74) is 1.07. The molecule has 4 heteroatoms. The van der Waals surface area contributed by atoms with Gasteiger partial charge in [0.05, 0.1) is 17.4 Å².